The van der Waals surface area contributed by atoms with Crippen molar-refractivity contribution in [3.05, 3.63) is 28.8 Å². The fourth-order valence-corrected chi connectivity index (χ4v) is 2.73. The third kappa shape index (κ3) is 2.78. The molecule has 0 radical (unpaired) electrons. The van der Waals surface area contributed by atoms with Crippen molar-refractivity contribution in [3.63, 3.8) is 0 Å². The minimum Gasteiger partial charge on any atom is -0.398 e. The van der Waals surface area contributed by atoms with Crippen LogP contribution in [0.5, 0.6) is 0 Å². The number of anilines is 1. The van der Waals surface area contributed by atoms with Gasteiger partial charge in [-0.05, 0) is 30.4 Å². The van der Waals surface area contributed by atoms with Crippen molar-refractivity contribution >= 4 is 23.2 Å². The van der Waals surface area contributed by atoms with Crippen molar-refractivity contribution in [3.8, 4) is 0 Å². The molecule has 0 unspecified atom stereocenters. The Balaban J connectivity index is 2.01. The number of hydrogen-bond acceptors (Lipinski definition) is 2. The lowest BCUT2D eigenvalue weighted by atomic mass is 9.89. The minimum absolute atomic E-state index is 0.138. The molecule has 18 heavy (non-hydrogen) atoms. The Bertz CT molecular complexity index is 453. The van der Waals surface area contributed by atoms with Crippen molar-refractivity contribution in [2.75, 3.05) is 12.3 Å². The molecule has 4 heteroatoms. The lowest BCUT2D eigenvalue weighted by Crippen LogP contribution is -2.34. The molecule has 0 bridgehead atoms. The van der Waals surface area contributed by atoms with Crippen molar-refractivity contribution < 1.29 is 4.79 Å². The molecule has 1 aromatic carbocycles. The summed E-state index contributed by atoms with van der Waals surface area (Å²) in [4.78, 5) is 12.1. The van der Waals surface area contributed by atoms with Crippen LogP contribution in [0.3, 0.4) is 0 Å². The second-order valence-electron chi connectivity index (χ2n) is 5.41. The largest absolute Gasteiger partial charge is 0.398 e. The molecule has 0 aromatic heterocycles. The summed E-state index contributed by atoms with van der Waals surface area (Å²) in [5.41, 5.74) is 6.83. The standard InChI is InChI=1S/C14H19ClN2O/c1-14(7-2-3-8-14)9-17-13(18)10-5-4-6-11(16)12(10)15/h4-6H,2-3,7-9,16H2,1H3,(H,17,18). The number of rotatable bonds is 3. The first-order chi connectivity index (χ1) is 8.52. The van der Waals surface area contributed by atoms with Crippen LogP contribution in [0.15, 0.2) is 18.2 Å². The second kappa shape index (κ2) is 5.19. The maximum absolute atomic E-state index is 12.1. The average molecular weight is 267 g/mol. The van der Waals surface area contributed by atoms with Gasteiger partial charge in [0, 0.05) is 6.54 Å². The molecule has 1 aromatic rings. The van der Waals surface area contributed by atoms with E-state index in [9.17, 15) is 4.79 Å². The molecule has 1 aliphatic carbocycles. The summed E-state index contributed by atoms with van der Waals surface area (Å²) in [7, 11) is 0. The maximum Gasteiger partial charge on any atom is 0.252 e. The molecule has 1 aliphatic rings. The van der Waals surface area contributed by atoms with E-state index in [0.717, 1.165) is 0 Å². The third-order valence-electron chi connectivity index (χ3n) is 3.76. The van der Waals surface area contributed by atoms with Crippen LogP contribution in [0.4, 0.5) is 5.69 Å². The summed E-state index contributed by atoms with van der Waals surface area (Å²) in [5.74, 6) is -0.138. The molecule has 1 amide bonds. The van der Waals surface area contributed by atoms with Gasteiger partial charge in [0.2, 0.25) is 0 Å². The molecule has 0 aliphatic heterocycles. The van der Waals surface area contributed by atoms with Crippen LogP contribution < -0.4 is 11.1 Å². The van der Waals surface area contributed by atoms with Crippen LogP contribution in [-0.4, -0.2) is 12.5 Å². The Labute approximate surface area is 113 Å². The number of carbonyl (C=O) groups excluding carboxylic acids is 1. The summed E-state index contributed by atoms with van der Waals surface area (Å²) >= 11 is 6.03. The average Bonchev–Trinajstić information content (AvgIpc) is 2.77. The van der Waals surface area contributed by atoms with Gasteiger partial charge in [-0.25, -0.2) is 0 Å². The van der Waals surface area contributed by atoms with Gasteiger partial charge in [0.05, 0.1) is 16.3 Å². The third-order valence-corrected chi connectivity index (χ3v) is 4.18. The molecular formula is C14H19ClN2O. The first-order valence-electron chi connectivity index (χ1n) is 6.34. The number of carbonyl (C=O) groups is 1. The van der Waals surface area contributed by atoms with Crippen LogP contribution in [0.2, 0.25) is 5.02 Å². The minimum atomic E-state index is -0.138. The van der Waals surface area contributed by atoms with Gasteiger partial charge in [0.25, 0.3) is 5.91 Å². The zero-order valence-electron chi connectivity index (χ0n) is 10.6. The fourth-order valence-electron chi connectivity index (χ4n) is 2.52. The number of benzene rings is 1. The van der Waals surface area contributed by atoms with E-state index in [1.54, 1.807) is 18.2 Å². The summed E-state index contributed by atoms with van der Waals surface area (Å²) in [6.07, 6.45) is 4.87. The Hall–Kier alpha value is -1.22. The van der Waals surface area contributed by atoms with E-state index < -0.39 is 0 Å². The van der Waals surface area contributed by atoms with Crippen LogP contribution in [0, 0.1) is 5.41 Å². The van der Waals surface area contributed by atoms with E-state index in [0.29, 0.717) is 22.8 Å². The lowest BCUT2D eigenvalue weighted by Gasteiger charge is -2.23. The van der Waals surface area contributed by atoms with E-state index in [2.05, 4.69) is 12.2 Å². The molecule has 0 spiro atoms. The summed E-state index contributed by atoms with van der Waals surface area (Å²) < 4.78 is 0. The van der Waals surface area contributed by atoms with E-state index in [4.69, 9.17) is 17.3 Å². The zero-order valence-corrected chi connectivity index (χ0v) is 11.4. The van der Waals surface area contributed by atoms with Gasteiger partial charge >= 0.3 is 0 Å². The van der Waals surface area contributed by atoms with Gasteiger partial charge in [0.1, 0.15) is 0 Å². The smallest absolute Gasteiger partial charge is 0.252 e. The van der Waals surface area contributed by atoms with Gasteiger partial charge in [-0.15, -0.1) is 0 Å². The molecule has 3 nitrogen and oxygen atoms in total. The Morgan fingerprint density at radius 1 is 1.44 bits per heavy atom. The normalized spacial score (nSPS) is 17.7. The first-order valence-corrected chi connectivity index (χ1v) is 6.72. The molecule has 0 atom stereocenters. The molecule has 2 rings (SSSR count). The molecule has 3 N–H and O–H groups in total. The number of amides is 1. The highest BCUT2D eigenvalue weighted by atomic mass is 35.5. The van der Waals surface area contributed by atoms with Crippen LogP contribution in [0.1, 0.15) is 43.0 Å². The number of nitrogens with two attached hydrogens (primary N) is 1. The number of hydrogen-bond donors (Lipinski definition) is 2. The molecule has 0 heterocycles. The highest BCUT2D eigenvalue weighted by Crippen LogP contribution is 2.36. The van der Waals surface area contributed by atoms with E-state index in [-0.39, 0.29) is 11.3 Å². The van der Waals surface area contributed by atoms with Crippen LogP contribution >= 0.6 is 11.6 Å². The molecule has 1 fully saturated rings. The highest BCUT2D eigenvalue weighted by molar-refractivity contribution is 6.36. The predicted molar refractivity (Wildman–Crippen MR) is 74.8 cm³/mol. The van der Waals surface area contributed by atoms with Gasteiger partial charge < -0.3 is 11.1 Å². The van der Waals surface area contributed by atoms with E-state index >= 15 is 0 Å². The number of halogens is 1. The van der Waals surface area contributed by atoms with Gasteiger partial charge in [-0.1, -0.05) is 37.4 Å². The van der Waals surface area contributed by atoms with Gasteiger partial charge in [-0.2, -0.15) is 0 Å². The second-order valence-corrected chi connectivity index (χ2v) is 5.79. The first kappa shape index (κ1) is 13.2. The highest BCUT2D eigenvalue weighted by Gasteiger charge is 2.29. The molecule has 98 valence electrons. The van der Waals surface area contributed by atoms with Crippen molar-refractivity contribution in [2.45, 2.75) is 32.6 Å². The summed E-state index contributed by atoms with van der Waals surface area (Å²) in [5, 5.41) is 3.31. The van der Waals surface area contributed by atoms with Crippen molar-refractivity contribution in [1.82, 2.24) is 5.32 Å². The molecular weight excluding hydrogens is 248 g/mol. The zero-order chi connectivity index (χ0) is 13.2. The SMILES string of the molecule is CC1(CNC(=O)c2cccc(N)c2Cl)CCCC1. The monoisotopic (exact) mass is 266 g/mol. The quantitative estimate of drug-likeness (QED) is 0.826. The van der Waals surface area contributed by atoms with E-state index in [1.165, 1.54) is 25.7 Å². The van der Waals surface area contributed by atoms with Crippen molar-refractivity contribution in [1.29, 1.82) is 0 Å². The van der Waals surface area contributed by atoms with Gasteiger partial charge in [-0.3, -0.25) is 4.79 Å². The van der Waals surface area contributed by atoms with Crippen molar-refractivity contribution in [2.24, 2.45) is 5.41 Å². The summed E-state index contributed by atoms with van der Waals surface area (Å²) in [6, 6.07) is 5.13. The summed E-state index contributed by atoms with van der Waals surface area (Å²) in [6.45, 7) is 2.93. The predicted octanol–water partition coefficient (Wildman–Crippen LogP) is 3.23. The molecule has 0 saturated heterocycles. The Kier molecular flexibility index (Phi) is 3.81. The molecule has 1 saturated carbocycles. The van der Waals surface area contributed by atoms with Gasteiger partial charge in [0.15, 0.2) is 0 Å². The van der Waals surface area contributed by atoms with E-state index in [1.807, 2.05) is 0 Å². The van der Waals surface area contributed by atoms with Crippen LogP contribution in [0.25, 0.3) is 0 Å². The number of nitrogen functional groups attached to an aromatic ring is 1. The lowest BCUT2D eigenvalue weighted by molar-refractivity contribution is 0.0934. The number of nitrogens with one attached hydrogen (secondary N) is 1. The Morgan fingerprint density at radius 3 is 2.78 bits per heavy atom. The fraction of sp³-hybridized carbons (Fsp3) is 0.500. The van der Waals surface area contributed by atoms with Crippen LogP contribution in [-0.2, 0) is 0 Å². The topological polar surface area (TPSA) is 55.1 Å². The Morgan fingerprint density at radius 2 is 2.11 bits per heavy atom. The maximum atomic E-state index is 12.1.